The van der Waals surface area contributed by atoms with E-state index in [2.05, 4.69) is 16.7 Å². The van der Waals surface area contributed by atoms with Crippen LogP contribution in [0.2, 0.25) is 0 Å². The SMILES string of the molecule is C=N/C(OCC(C)(C)OC1CCCCO1)=C(C)\N=C(/C)B1OC(C)(C)C(C)(C)O1. The summed E-state index contributed by atoms with van der Waals surface area (Å²) >= 11 is 0. The smallest absolute Gasteiger partial charge is 0.473 e. The summed E-state index contributed by atoms with van der Waals surface area (Å²) in [5.74, 6) is 0.363. The Labute approximate surface area is 176 Å². The lowest BCUT2D eigenvalue weighted by Gasteiger charge is -2.32. The van der Waals surface area contributed by atoms with Gasteiger partial charge in [0.1, 0.15) is 6.61 Å². The molecule has 2 heterocycles. The van der Waals surface area contributed by atoms with Gasteiger partial charge in [-0.3, -0.25) is 4.99 Å². The molecule has 2 saturated heterocycles. The van der Waals surface area contributed by atoms with Crippen LogP contribution in [0.4, 0.5) is 0 Å². The Hall–Kier alpha value is -1.22. The molecule has 1 atom stereocenters. The third-order valence-electron chi connectivity index (χ3n) is 5.54. The minimum atomic E-state index is -0.525. The Morgan fingerprint density at radius 1 is 1.14 bits per heavy atom. The van der Waals surface area contributed by atoms with Crippen molar-refractivity contribution in [3.63, 3.8) is 0 Å². The van der Waals surface area contributed by atoms with E-state index in [9.17, 15) is 0 Å². The molecule has 2 aliphatic rings. The second-order valence-electron chi connectivity index (χ2n) is 9.35. The number of hydrogen-bond acceptors (Lipinski definition) is 7. The molecule has 0 radical (unpaired) electrons. The first-order valence-electron chi connectivity index (χ1n) is 10.4. The molecule has 0 aromatic rings. The predicted molar refractivity (Wildman–Crippen MR) is 116 cm³/mol. The van der Waals surface area contributed by atoms with Crippen LogP contribution in [-0.4, -0.2) is 55.8 Å². The van der Waals surface area contributed by atoms with E-state index in [1.807, 2.05) is 55.4 Å². The van der Waals surface area contributed by atoms with Crippen molar-refractivity contribution in [3.8, 4) is 0 Å². The quantitative estimate of drug-likeness (QED) is 0.340. The molecule has 0 aliphatic carbocycles. The van der Waals surface area contributed by atoms with E-state index in [0.717, 1.165) is 25.9 Å². The highest BCUT2D eigenvalue weighted by atomic mass is 16.7. The zero-order valence-electron chi connectivity index (χ0n) is 19.3. The maximum Gasteiger partial charge on any atom is 0.509 e. The van der Waals surface area contributed by atoms with Gasteiger partial charge in [-0.2, -0.15) is 0 Å². The lowest BCUT2D eigenvalue weighted by molar-refractivity contribution is -0.224. The summed E-state index contributed by atoms with van der Waals surface area (Å²) in [6.45, 7) is 20.4. The van der Waals surface area contributed by atoms with Gasteiger partial charge in [0.25, 0.3) is 0 Å². The Balaban J connectivity index is 2.01. The highest BCUT2D eigenvalue weighted by Crippen LogP contribution is 2.37. The summed E-state index contributed by atoms with van der Waals surface area (Å²) < 4.78 is 29.7. The summed E-state index contributed by atoms with van der Waals surface area (Å²) in [6.07, 6.45) is 2.93. The average molecular weight is 408 g/mol. The molecule has 0 saturated carbocycles. The standard InChI is InChI=1S/C21H37BN2O5/c1-15(24-16(2)22-28-20(5,6)21(7,8)29-22)18(23-9)26-14-19(3,4)27-17-12-10-11-13-25-17/h17H,9-14H2,1-8H3/b18-15+,24-16+. The molecule has 1 unspecified atom stereocenters. The molecule has 0 aromatic heterocycles. The lowest BCUT2D eigenvalue weighted by Crippen LogP contribution is -2.41. The van der Waals surface area contributed by atoms with Crippen molar-refractivity contribution in [2.24, 2.45) is 9.98 Å². The molecular weight excluding hydrogens is 371 g/mol. The summed E-state index contributed by atoms with van der Waals surface area (Å²) in [5, 5.41) is 0. The number of ether oxygens (including phenoxy) is 3. The van der Waals surface area contributed by atoms with Gasteiger partial charge in [-0.15, -0.1) is 0 Å². The van der Waals surface area contributed by atoms with E-state index >= 15 is 0 Å². The summed E-state index contributed by atoms with van der Waals surface area (Å²) in [5.41, 5.74) is -0.0354. The third-order valence-corrected chi connectivity index (χ3v) is 5.54. The molecule has 29 heavy (non-hydrogen) atoms. The van der Waals surface area contributed by atoms with Gasteiger partial charge in [-0.1, -0.05) is 0 Å². The summed E-state index contributed by atoms with van der Waals surface area (Å²) in [6, 6.07) is 0. The van der Waals surface area contributed by atoms with Gasteiger partial charge in [0.05, 0.1) is 22.5 Å². The van der Waals surface area contributed by atoms with Crippen LogP contribution < -0.4 is 0 Å². The van der Waals surface area contributed by atoms with E-state index in [0.29, 0.717) is 23.8 Å². The number of nitrogens with zero attached hydrogens (tertiary/aromatic N) is 2. The largest absolute Gasteiger partial charge is 0.509 e. The van der Waals surface area contributed by atoms with Crippen molar-refractivity contribution in [1.82, 2.24) is 0 Å². The van der Waals surface area contributed by atoms with Gasteiger partial charge < -0.3 is 23.5 Å². The zero-order chi connectivity index (χ0) is 21.9. The van der Waals surface area contributed by atoms with Crippen molar-refractivity contribution in [3.05, 3.63) is 11.6 Å². The Bertz CT molecular complexity index is 635. The van der Waals surface area contributed by atoms with Crippen LogP contribution in [0.5, 0.6) is 0 Å². The molecule has 0 spiro atoms. The second kappa shape index (κ2) is 9.29. The number of rotatable bonds is 8. The first-order valence-corrected chi connectivity index (χ1v) is 10.4. The topological polar surface area (TPSA) is 70.9 Å². The average Bonchev–Trinajstić information content (AvgIpc) is 2.83. The van der Waals surface area contributed by atoms with Gasteiger partial charge in [-0.25, -0.2) is 4.99 Å². The van der Waals surface area contributed by atoms with Gasteiger partial charge >= 0.3 is 7.12 Å². The molecular formula is C21H37BN2O5. The second-order valence-corrected chi connectivity index (χ2v) is 9.35. The molecule has 0 bridgehead atoms. The molecule has 2 rings (SSSR count). The van der Waals surface area contributed by atoms with E-state index in [-0.39, 0.29) is 6.29 Å². The van der Waals surface area contributed by atoms with Gasteiger partial charge in [0.2, 0.25) is 5.88 Å². The van der Waals surface area contributed by atoms with Crippen molar-refractivity contribution < 1.29 is 23.5 Å². The number of allylic oxidation sites excluding steroid dienone is 1. The fourth-order valence-corrected chi connectivity index (χ4v) is 3.08. The summed E-state index contributed by atoms with van der Waals surface area (Å²) in [4.78, 5) is 8.61. The summed E-state index contributed by atoms with van der Waals surface area (Å²) in [7, 11) is -0.510. The van der Waals surface area contributed by atoms with E-state index in [1.54, 1.807) is 0 Å². The molecule has 2 aliphatic heterocycles. The van der Waals surface area contributed by atoms with Crippen LogP contribution in [0.15, 0.2) is 21.6 Å². The molecule has 0 aromatic carbocycles. The fraction of sp³-hybridized carbons (Fsp3) is 0.810. The van der Waals surface area contributed by atoms with Crippen molar-refractivity contribution in [2.45, 2.75) is 97.7 Å². The Kier molecular flexibility index (Phi) is 7.71. The fourth-order valence-electron chi connectivity index (χ4n) is 3.08. The van der Waals surface area contributed by atoms with E-state index < -0.39 is 23.9 Å². The maximum absolute atomic E-state index is 6.05. The molecule has 0 amide bonds. The first kappa shape index (κ1) is 24.1. The number of aliphatic imine (C=N–C) groups is 2. The van der Waals surface area contributed by atoms with E-state index in [4.69, 9.17) is 23.5 Å². The van der Waals surface area contributed by atoms with Crippen LogP contribution in [0.1, 0.15) is 74.7 Å². The normalized spacial score (nSPS) is 25.6. The Morgan fingerprint density at radius 2 is 1.76 bits per heavy atom. The highest BCUT2D eigenvalue weighted by molar-refractivity contribution is 6.82. The monoisotopic (exact) mass is 408 g/mol. The van der Waals surface area contributed by atoms with Crippen LogP contribution in [-0.2, 0) is 23.5 Å². The first-order chi connectivity index (χ1) is 13.4. The third kappa shape index (κ3) is 6.38. The molecule has 8 heteroatoms. The van der Waals surface area contributed by atoms with Crippen molar-refractivity contribution >= 4 is 19.4 Å². The van der Waals surface area contributed by atoms with Gasteiger partial charge in [0, 0.05) is 12.2 Å². The van der Waals surface area contributed by atoms with Crippen LogP contribution in [0, 0.1) is 0 Å². The van der Waals surface area contributed by atoms with Crippen LogP contribution in [0.3, 0.4) is 0 Å². The highest BCUT2D eigenvalue weighted by Gasteiger charge is 2.52. The minimum absolute atomic E-state index is 0.184. The van der Waals surface area contributed by atoms with Gasteiger partial charge in [-0.05, 0) is 81.4 Å². The maximum atomic E-state index is 6.05. The Morgan fingerprint density at radius 3 is 2.28 bits per heavy atom. The molecule has 164 valence electrons. The minimum Gasteiger partial charge on any atom is -0.473 e. The van der Waals surface area contributed by atoms with Gasteiger partial charge in [0.15, 0.2) is 6.29 Å². The van der Waals surface area contributed by atoms with Crippen molar-refractivity contribution in [1.29, 1.82) is 0 Å². The van der Waals surface area contributed by atoms with E-state index in [1.165, 1.54) is 0 Å². The molecule has 0 N–H and O–H groups in total. The lowest BCUT2D eigenvalue weighted by atomic mass is 9.83. The van der Waals surface area contributed by atoms with Crippen LogP contribution in [0.25, 0.3) is 0 Å². The van der Waals surface area contributed by atoms with Crippen LogP contribution >= 0.6 is 0 Å². The number of hydrogen-bond donors (Lipinski definition) is 0. The zero-order valence-corrected chi connectivity index (χ0v) is 19.3. The predicted octanol–water partition coefficient (Wildman–Crippen LogP) is 4.31. The molecule has 2 fully saturated rings. The van der Waals surface area contributed by atoms with Crippen molar-refractivity contribution in [2.75, 3.05) is 13.2 Å². The molecule has 7 nitrogen and oxygen atoms in total.